The van der Waals surface area contributed by atoms with Crippen LogP contribution >= 0.6 is 0 Å². The molecule has 1 N–H and O–H groups in total. The molecule has 2 rings (SSSR count). The summed E-state index contributed by atoms with van der Waals surface area (Å²) < 4.78 is 0. The number of nitrogens with zero attached hydrogens (tertiary/aromatic N) is 1. The van der Waals surface area contributed by atoms with Gasteiger partial charge in [-0.25, -0.2) is 0 Å². The quantitative estimate of drug-likeness (QED) is 0.881. The Bertz CT molecular complexity index is 517. The zero-order valence-corrected chi connectivity index (χ0v) is 12.0. The molecule has 2 aromatic rings. The van der Waals surface area contributed by atoms with Gasteiger partial charge in [0.2, 0.25) is 0 Å². The average Bonchev–Trinajstić information content (AvgIpc) is 2.45. The lowest BCUT2D eigenvalue weighted by atomic mass is 10.00. The van der Waals surface area contributed by atoms with Crippen molar-refractivity contribution < 1.29 is 0 Å². The van der Waals surface area contributed by atoms with Crippen LogP contribution in [-0.2, 0) is 6.42 Å². The number of hydrogen-bond acceptors (Lipinski definition) is 2. The van der Waals surface area contributed by atoms with E-state index in [-0.39, 0.29) is 6.04 Å². The third kappa shape index (κ3) is 3.42. The lowest BCUT2D eigenvalue weighted by Gasteiger charge is -2.18. The average molecular weight is 254 g/mol. The standard InChI is InChI=1S/C17H22N2/c1-4-14-6-8-15(9-7-14)17(18-5-2)16-12-13(3)10-11-19-16/h6-12,17-18H,4-5H2,1-3H3. The third-order valence-electron chi connectivity index (χ3n) is 3.36. The molecule has 2 heteroatoms. The van der Waals surface area contributed by atoms with Crippen LogP contribution in [-0.4, -0.2) is 11.5 Å². The van der Waals surface area contributed by atoms with Crippen molar-refractivity contribution in [3.8, 4) is 0 Å². The summed E-state index contributed by atoms with van der Waals surface area (Å²) in [6.45, 7) is 7.34. The van der Waals surface area contributed by atoms with E-state index in [9.17, 15) is 0 Å². The van der Waals surface area contributed by atoms with Crippen LogP contribution in [0.15, 0.2) is 42.6 Å². The Morgan fingerprint density at radius 1 is 1.11 bits per heavy atom. The molecular weight excluding hydrogens is 232 g/mol. The van der Waals surface area contributed by atoms with Crippen LogP contribution in [0.4, 0.5) is 0 Å². The summed E-state index contributed by atoms with van der Waals surface area (Å²) in [5.41, 5.74) is 4.98. The van der Waals surface area contributed by atoms with E-state index in [2.05, 4.69) is 61.4 Å². The van der Waals surface area contributed by atoms with E-state index in [4.69, 9.17) is 0 Å². The number of aromatic nitrogens is 1. The van der Waals surface area contributed by atoms with Crippen LogP contribution in [0.5, 0.6) is 0 Å². The molecule has 100 valence electrons. The van der Waals surface area contributed by atoms with Gasteiger partial charge in [-0.3, -0.25) is 4.98 Å². The van der Waals surface area contributed by atoms with Gasteiger partial charge in [0, 0.05) is 6.20 Å². The van der Waals surface area contributed by atoms with E-state index in [1.165, 1.54) is 16.7 Å². The maximum absolute atomic E-state index is 4.51. The predicted octanol–water partition coefficient (Wildman–Crippen LogP) is 3.65. The van der Waals surface area contributed by atoms with Gasteiger partial charge >= 0.3 is 0 Å². The number of aryl methyl sites for hydroxylation is 2. The van der Waals surface area contributed by atoms with Crippen molar-refractivity contribution >= 4 is 0 Å². The molecule has 0 aliphatic heterocycles. The largest absolute Gasteiger partial charge is 0.305 e. The Labute approximate surface area is 115 Å². The Balaban J connectivity index is 2.33. The van der Waals surface area contributed by atoms with Gasteiger partial charge in [0.05, 0.1) is 11.7 Å². The van der Waals surface area contributed by atoms with Crippen LogP contribution < -0.4 is 5.32 Å². The second-order valence-corrected chi connectivity index (χ2v) is 4.84. The second-order valence-electron chi connectivity index (χ2n) is 4.84. The topological polar surface area (TPSA) is 24.9 Å². The molecule has 0 saturated carbocycles. The summed E-state index contributed by atoms with van der Waals surface area (Å²) >= 11 is 0. The van der Waals surface area contributed by atoms with Crippen molar-refractivity contribution in [1.82, 2.24) is 10.3 Å². The Hall–Kier alpha value is -1.67. The summed E-state index contributed by atoms with van der Waals surface area (Å²) in [5, 5.41) is 3.52. The van der Waals surface area contributed by atoms with Crippen molar-refractivity contribution in [3.05, 3.63) is 65.0 Å². The first kappa shape index (κ1) is 13.8. The number of benzene rings is 1. The smallest absolute Gasteiger partial charge is 0.0751 e. The first-order valence-electron chi connectivity index (χ1n) is 6.99. The minimum atomic E-state index is 0.177. The van der Waals surface area contributed by atoms with Gasteiger partial charge in [-0.15, -0.1) is 0 Å². The zero-order valence-electron chi connectivity index (χ0n) is 12.0. The number of hydrogen-bond donors (Lipinski definition) is 1. The molecule has 0 spiro atoms. The van der Waals surface area contributed by atoms with Gasteiger partial charge in [-0.05, 0) is 48.7 Å². The minimum Gasteiger partial charge on any atom is -0.305 e. The van der Waals surface area contributed by atoms with E-state index in [1.54, 1.807) is 0 Å². The fraction of sp³-hybridized carbons (Fsp3) is 0.353. The number of nitrogens with one attached hydrogen (secondary N) is 1. The summed E-state index contributed by atoms with van der Waals surface area (Å²) in [7, 11) is 0. The molecule has 0 saturated heterocycles. The lowest BCUT2D eigenvalue weighted by molar-refractivity contribution is 0.615. The second kappa shape index (κ2) is 6.48. The molecule has 1 heterocycles. The highest BCUT2D eigenvalue weighted by Gasteiger charge is 2.14. The van der Waals surface area contributed by atoms with E-state index in [0.717, 1.165) is 18.7 Å². The number of rotatable bonds is 5. The summed E-state index contributed by atoms with van der Waals surface area (Å²) in [4.78, 5) is 4.51. The van der Waals surface area contributed by atoms with Gasteiger partial charge in [0.15, 0.2) is 0 Å². The van der Waals surface area contributed by atoms with Gasteiger partial charge in [-0.2, -0.15) is 0 Å². The molecule has 1 aromatic carbocycles. The van der Waals surface area contributed by atoms with Crippen LogP contribution in [0.1, 0.15) is 42.3 Å². The summed E-state index contributed by atoms with van der Waals surface area (Å²) in [6.07, 6.45) is 2.96. The van der Waals surface area contributed by atoms with Crippen LogP contribution in [0.3, 0.4) is 0 Å². The Kier molecular flexibility index (Phi) is 4.69. The fourth-order valence-electron chi connectivity index (χ4n) is 2.26. The van der Waals surface area contributed by atoms with Crippen molar-refractivity contribution in [2.45, 2.75) is 33.2 Å². The van der Waals surface area contributed by atoms with E-state index in [0.29, 0.717) is 0 Å². The Morgan fingerprint density at radius 3 is 2.42 bits per heavy atom. The van der Waals surface area contributed by atoms with E-state index in [1.807, 2.05) is 12.3 Å². The normalized spacial score (nSPS) is 12.4. The maximum Gasteiger partial charge on any atom is 0.0751 e. The SMILES string of the molecule is CCNC(c1ccc(CC)cc1)c1cc(C)ccn1. The molecule has 1 unspecified atom stereocenters. The van der Waals surface area contributed by atoms with Gasteiger partial charge in [0.25, 0.3) is 0 Å². The molecular formula is C17H22N2. The summed E-state index contributed by atoms with van der Waals surface area (Å²) in [5.74, 6) is 0. The first-order valence-corrected chi connectivity index (χ1v) is 6.99. The molecule has 0 aliphatic rings. The lowest BCUT2D eigenvalue weighted by Crippen LogP contribution is -2.23. The van der Waals surface area contributed by atoms with E-state index < -0.39 is 0 Å². The van der Waals surface area contributed by atoms with Crippen LogP contribution in [0, 0.1) is 6.92 Å². The first-order chi connectivity index (χ1) is 9.24. The number of pyridine rings is 1. The molecule has 1 atom stereocenters. The van der Waals surface area contributed by atoms with Gasteiger partial charge < -0.3 is 5.32 Å². The molecule has 0 bridgehead atoms. The molecule has 0 radical (unpaired) electrons. The Morgan fingerprint density at radius 2 is 1.84 bits per heavy atom. The molecule has 19 heavy (non-hydrogen) atoms. The van der Waals surface area contributed by atoms with Crippen molar-refractivity contribution in [2.24, 2.45) is 0 Å². The third-order valence-corrected chi connectivity index (χ3v) is 3.36. The molecule has 0 aliphatic carbocycles. The summed E-state index contributed by atoms with van der Waals surface area (Å²) in [6, 6.07) is 13.2. The zero-order chi connectivity index (χ0) is 13.7. The predicted molar refractivity (Wildman–Crippen MR) is 80.3 cm³/mol. The highest BCUT2D eigenvalue weighted by molar-refractivity contribution is 5.31. The fourth-order valence-corrected chi connectivity index (χ4v) is 2.26. The monoisotopic (exact) mass is 254 g/mol. The highest BCUT2D eigenvalue weighted by atomic mass is 14.9. The maximum atomic E-state index is 4.51. The van der Waals surface area contributed by atoms with Gasteiger partial charge in [-0.1, -0.05) is 38.1 Å². The van der Waals surface area contributed by atoms with Gasteiger partial charge in [0.1, 0.15) is 0 Å². The molecule has 0 amide bonds. The van der Waals surface area contributed by atoms with Crippen molar-refractivity contribution in [2.75, 3.05) is 6.54 Å². The van der Waals surface area contributed by atoms with Crippen LogP contribution in [0.25, 0.3) is 0 Å². The van der Waals surface area contributed by atoms with Crippen LogP contribution in [0.2, 0.25) is 0 Å². The van der Waals surface area contributed by atoms with E-state index >= 15 is 0 Å². The molecule has 0 fully saturated rings. The minimum absolute atomic E-state index is 0.177. The molecule has 2 nitrogen and oxygen atoms in total. The highest BCUT2D eigenvalue weighted by Crippen LogP contribution is 2.21. The van der Waals surface area contributed by atoms with Crippen molar-refractivity contribution in [1.29, 1.82) is 0 Å². The van der Waals surface area contributed by atoms with Crippen molar-refractivity contribution in [3.63, 3.8) is 0 Å². The molecule has 1 aromatic heterocycles.